The molecule has 0 saturated carbocycles. The summed E-state index contributed by atoms with van der Waals surface area (Å²) < 4.78 is 24.3. The number of allylic oxidation sites excluding steroid dienone is 1. The summed E-state index contributed by atoms with van der Waals surface area (Å²) in [6, 6.07) is -0.165. The first-order chi connectivity index (χ1) is 19.4. The van der Waals surface area contributed by atoms with Crippen molar-refractivity contribution in [3.05, 3.63) is 11.6 Å². The van der Waals surface area contributed by atoms with Crippen LogP contribution in [-0.2, 0) is 33.3 Å². The number of carbonyl (C=O) groups excluding carboxylic acids is 3. The zero-order valence-electron chi connectivity index (χ0n) is 27.5. The Morgan fingerprint density at radius 2 is 1.74 bits per heavy atom. The van der Waals surface area contributed by atoms with Gasteiger partial charge in [-0.05, 0) is 78.6 Å². The molecule has 0 aliphatic carbocycles. The van der Waals surface area contributed by atoms with Crippen LogP contribution in [-0.4, -0.2) is 95.4 Å². The average Bonchev–Trinajstić information content (AvgIpc) is 2.89. The number of aliphatic hydroxyl groups is 2. The lowest BCUT2D eigenvalue weighted by atomic mass is 9.79. The Morgan fingerprint density at radius 3 is 2.29 bits per heavy atom. The van der Waals surface area contributed by atoms with Gasteiger partial charge < -0.3 is 34.1 Å². The van der Waals surface area contributed by atoms with Gasteiger partial charge in [0.05, 0.1) is 30.3 Å². The second-order valence-corrected chi connectivity index (χ2v) is 13.1. The first-order valence-corrected chi connectivity index (χ1v) is 15.4. The number of rotatable bonds is 6. The number of likely N-dealkylation sites (N-methyl/N-ethyl adjacent to an activating group) is 1. The van der Waals surface area contributed by atoms with Crippen LogP contribution in [0, 0.1) is 23.7 Å². The van der Waals surface area contributed by atoms with E-state index in [1.165, 1.54) is 19.9 Å². The van der Waals surface area contributed by atoms with Gasteiger partial charge in [-0.3, -0.25) is 14.4 Å². The van der Waals surface area contributed by atoms with E-state index in [0.717, 1.165) is 0 Å². The van der Waals surface area contributed by atoms with Crippen molar-refractivity contribution >= 4 is 17.7 Å². The summed E-state index contributed by atoms with van der Waals surface area (Å²) in [7, 11) is 3.82. The number of aliphatic hydroxyl groups excluding tert-OH is 1. The highest BCUT2D eigenvalue weighted by Crippen LogP contribution is 2.35. The minimum Gasteiger partial charge on any atom is -0.459 e. The van der Waals surface area contributed by atoms with Crippen molar-refractivity contribution in [2.75, 3.05) is 14.1 Å². The number of ketones is 1. The first-order valence-electron chi connectivity index (χ1n) is 15.4. The highest BCUT2D eigenvalue weighted by Gasteiger charge is 2.46. The van der Waals surface area contributed by atoms with Crippen LogP contribution in [0.3, 0.4) is 0 Å². The quantitative estimate of drug-likeness (QED) is 0.437. The van der Waals surface area contributed by atoms with Gasteiger partial charge in [-0.2, -0.15) is 0 Å². The van der Waals surface area contributed by atoms with E-state index in [0.29, 0.717) is 31.3 Å². The highest BCUT2D eigenvalue weighted by molar-refractivity contribution is 5.96. The average molecular weight is 598 g/mol. The van der Waals surface area contributed by atoms with Crippen molar-refractivity contribution in [1.82, 2.24) is 4.90 Å². The number of hydrogen-bond acceptors (Lipinski definition) is 10. The fourth-order valence-corrected chi connectivity index (χ4v) is 6.45. The minimum atomic E-state index is -1.56. The van der Waals surface area contributed by atoms with E-state index >= 15 is 0 Å². The fraction of sp³-hybridized carbons (Fsp3) is 0.844. The maximum Gasteiger partial charge on any atom is 0.311 e. The topological polar surface area (TPSA) is 132 Å². The molecule has 2 heterocycles. The summed E-state index contributed by atoms with van der Waals surface area (Å²) >= 11 is 0. The molecular weight excluding hydrogens is 542 g/mol. The molecule has 10 nitrogen and oxygen atoms in total. The lowest BCUT2D eigenvalue weighted by molar-refractivity contribution is -0.286. The zero-order valence-corrected chi connectivity index (χ0v) is 27.5. The molecule has 2 N–H and O–H groups in total. The standard InChI is InChI=1S/C32H55NO9/c1-12-13-25-32(9,38)16-19(4)26(35)17(2)14-18(3)28(21(6)27(36)22(7)30(37)41-25)42-31-29(40-23(8)34)24(33(10)11)15-20(5)39-31/h16-18,20-22,24-25,27-29,31,36,38H,12-15H2,1-11H3/t17-,18+,20+,21+,22-,24?,25-,27+,28+,29?,31+,32+/m1/s1. The largest absolute Gasteiger partial charge is 0.459 e. The SMILES string of the molecule is CCC[C@H]1OC(=O)[C@H](C)[C@@H](O)[C@H](C)[C@@H](O[C@@H]2O[C@@H](C)CC(N(C)C)C2OC(C)=O)[C@@H](C)C[C@@H](C)C(=O)C(C)=C[C@]1(C)O. The normalized spacial score (nSPS) is 41.1. The third-order valence-corrected chi connectivity index (χ3v) is 8.88. The maximum absolute atomic E-state index is 13.4. The molecule has 42 heavy (non-hydrogen) atoms. The molecule has 2 unspecified atom stereocenters. The summed E-state index contributed by atoms with van der Waals surface area (Å²) in [5.74, 6) is -3.43. The molecule has 0 aromatic carbocycles. The van der Waals surface area contributed by atoms with Crippen LogP contribution in [0.2, 0.25) is 0 Å². The molecule has 0 amide bonds. The van der Waals surface area contributed by atoms with Crippen molar-refractivity contribution in [2.45, 2.75) is 136 Å². The molecule has 1 saturated heterocycles. The van der Waals surface area contributed by atoms with Gasteiger partial charge in [0.2, 0.25) is 0 Å². The van der Waals surface area contributed by atoms with Crippen molar-refractivity contribution in [3.8, 4) is 0 Å². The minimum absolute atomic E-state index is 0.130. The zero-order chi connectivity index (χ0) is 32.1. The Morgan fingerprint density at radius 1 is 1.12 bits per heavy atom. The number of esters is 2. The van der Waals surface area contributed by atoms with Gasteiger partial charge in [0.15, 0.2) is 18.2 Å². The van der Waals surface area contributed by atoms with E-state index < -0.39 is 66.0 Å². The van der Waals surface area contributed by atoms with Gasteiger partial charge in [-0.25, -0.2) is 0 Å². The van der Waals surface area contributed by atoms with Crippen LogP contribution in [0.5, 0.6) is 0 Å². The molecule has 0 aromatic heterocycles. The van der Waals surface area contributed by atoms with Crippen molar-refractivity contribution in [1.29, 1.82) is 0 Å². The molecule has 10 heteroatoms. The van der Waals surface area contributed by atoms with E-state index in [4.69, 9.17) is 18.9 Å². The Hall–Kier alpha value is -1.85. The lowest BCUT2D eigenvalue weighted by Gasteiger charge is -2.45. The van der Waals surface area contributed by atoms with Crippen molar-refractivity contribution in [2.24, 2.45) is 23.7 Å². The van der Waals surface area contributed by atoms with Crippen LogP contribution >= 0.6 is 0 Å². The number of hydrogen-bond donors (Lipinski definition) is 2. The molecule has 2 aliphatic heterocycles. The lowest BCUT2D eigenvalue weighted by Crippen LogP contribution is -2.57. The van der Waals surface area contributed by atoms with Crippen LogP contribution in [0.25, 0.3) is 0 Å². The number of cyclic esters (lactones) is 1. The molecule has 0 aromatic rings. The molecule has 12 atom stereocenters. The molecule has 242 valence electrons. The molecule has 2 aliphatic rings. The fourth-order valence-electron chi connectivity index (χ4n) is 6.45. The predicted octanol–water partition coefficient (Wildman–Crippen LogP) is 3.66. The van der Waals surface area contributed by atoms with E-state index in [1.807, 2.05) is 46.7 Å². The van der Waals surface area contributed by atoms with E-state index in [9.17, 15) is 24.6 Å². The second kappa shape index (κ2) is 15.2. The predicted molar refractivity (Wildman–Crippen MR) is 158 cm³/mol. The van der Waals surface area contributed by atoms with Crippen LogP contribution in [0.4, 0.5) is 0 Å². The highest BCUT2D eigenvalue weighted by atomic mass is 16.7. The Balaban J connectivity index is 2.55. The van der Waals surface area contributed by atoms with Crippen LogP contribution < -0.4 is 0 Å². The summed E-state index contributed by atoms with van der Waals surface area (Å²) in [6.07, 6.45) is -0.995. The van der Waals surface area contributed by atoms with Gasteiger partial charge >= 0.3 is 11.9 Å². The van der Waals surface area contributed by atoms with Gasteiger partial charge in [-0.15, -0.1) is 0 Å². The van der Waals surface area contributed by atoms with Crippen LogP contribution in [0.1, 0.15) is 88.0 Å². The summed E-state index contributed by atoms with van der Waals surface area (Å²) in [5, 5.41) is 22.8. The first kappa shape index (κ1) is 36.3. The van der Waals surface area contributed by atoms with Crippen molar-refractivity contribution < 1.29 is 43.5 Å². The summed E-state index contributed by atoms with van der Waals surface area (Å²) in [5.41, 5.74) is -1.17. The molecule has 0 radical (unpaired) electrons. The van der Waals surface area contributed by atoms with Gasteiger partial charge in [0, 0.05) is 18.8 Å². The summed E-state index contributed by atoms with van der Waals surface area (Å²) in [6.45, 7) is 15.6. The smallest absolute Gasteiger partial charge is 0.311 e. The number of carbonyl (C=O) groups is 3. The van der Waals surface area contributed by atoms with Crippen molar-refractivity contribution in [3.63, 3.8) is 0 Å². The van der Waals surface area contributed by atoms with Crippen LogP contribution in [0.15, 0.2) is 11.6 Å². The summed E-state index contributed by atoms with van der Waals surface area (Å²) in [4.78, 5) is 40.8. The Kier molecular flexibility index (Phi) is 13.2. The van der Waals surface area contributed by atoms with E-state index in [2.05, 4.69) is 0 Å². The molecule has 2 rings (SSSR count). The van der Waals surface area contributed by atoms with E-state index in [1.54, 1.807) is 20.8 Å². The molecule has 1 fully saturated rings. The molecule has 0 bridgehead atoms. The van der Waals surface area contributed by atoms with E-state index in [-0.39, 0.29) is 23.8 Å². The van der Waals surface area contributed by atoms with Gasteiger partial charge in [0.25, 0.3) is 0 Å². The second-order valence-electron chi connectivity index (χ2n) is 13.1. The number of Topliss-reactive ketones (excluding diaryl/α,β-unsaturated/α-hetero) is 1. The monoisotopic (exact) mass is 597 g/mol. The molecule has 0 spiro atoms. The molecular formula is C32H55NO9. The number of ether oxygens (including phenoxy) is 4. The number of nitrogens with zero attached hydrogens (tertiary/aromatic N) is 1. The van der Waals surface area contributed by atoms with Gasteiger partial charge in [-0.1, -0.05) is 34.1 Å². The maximum atomic E-state index is 13.4. The third kappa shape index (κ3) is 9.08. The Labute approximate surface area is 252 Å². The Bertz CT molecular complexity index is 964. The van der Waals surface area contributed by atoms with Gasteiger partial charge in [0.1, 0.15) is 11.7 Å². The third-order valence-electron chi connectivity index (χ3n) is 8.88.